The Bertz CT molecular complexity index is 34.1. The van der Waals surface area contributed by atoms with Crippen LogP contribution in [0.15, 0.2) is 0 Å². The van der Waals surface area contributed by atoms with Crippen molar-refractivity contribution in [3.8, 4) is 0 Å². The molecule has 0 fully saturated rings. The Morgan fingerprint density at radius 3 is 1.25 bits per heavy atom. The van der Waals surface area contributed by atoms with Gasteiger partial charge in [0.15, 0.2) is 0 Å². The van der Waals surface area contributed by atoms with Gasteiger partial charge in [-0.15, -0.1) is 11.6 Å². The maximum Gasteiger partial charge on any atom is 0.0108 e. The molecule has 0 atom stereocenters. The Labute approximate surface area is 58.2 Å². The molecule has 0 saturated carbocycles. The maximum absolute atomic E-state index is 4.64. The smallest absolute Gasteiger partial charge is 0.0108 e. The monoisotopic (exact) mass is 136 g/mol. The van der Waals surface area contributed by atoms with E-state index >= 15 is 0 Å². The minimum Gasteiger partial charge on any atom is -0.130 e. The summed E-state index contributed by atoms with van der Waals surface area (Å²) < 4.78 is 0. The molecule has 0 amide bonds. The van der Waals surface area contributed by atoms with Crippen molar-refractivity contribution in [2.45, 2.75) is 34.1 Å². The fraction of sp³-hybridized carbons (Fsp3) is 1.00. The van der Waals surface area contributed by atoms with Gasteiger partial charge in [0.25, 0.3) is 0 Å². The summed E-state index contributed by atoms with van der Waals surface area (Å²) in [6.45, 7) is 8.94. The van der Waals surface area contributed by atoms with Gasteiger partial charge in [0.1, 0.15) is 0 Å². The van der Waals surface area contributed by atoms with Crippen LogP contribution in [0.4, 0.5) is 0 Å². The average molecular weight is 137 g/mol. The average Bonchev–Trinajstić information content (AvgIpc) is 1.71. The third-order valence-corrected chi connectivity index (χ3v) is 1.06. The van der Waals surface area contributed by atoms with Crippen LogP contribution in [-0.2, 0) is 0 Å². The van der Waals surface area contributed by atoms with Gasteiger partial charge in [-0.1, -0.05) is 34.1 Å². The molecule has 0 saturated heterocycles. The lowest BCUT2D eigenvalue weighted by Crippen LogP contribution is -2.00. The number of rotatable bonds is 0. The molecule has 52 valence electrons. The van der Waals surface area contributed by atoms with E-state index in [1.807, 2.05) is 0 Å². The van der Waals surface area contributed by atoms with Crippen LogP contribution >= 0.6 is 11.6 Å². The highest BCUT2D eigenvalue weighted by atomic mass is 35.5. The van der Waals surface area contributed by atoms with Crippen LogP contribution in [0.3, 0.4) is 0 Å². The number of hydrogen-bond acceptors (Lipinski definition) is 0. The molecule has 0 aliphatic rings. The molecular weight excluding hydrogens is 120 g/mol. The van der Waals surface area contributed by atoms with Gasteiger partial charge in [0, 0.05) is 6.38 Å². The van der Waals surface area contributed by atoms with E-state index in [9.17, 15) is 0 Å². The van der Waals surface area contributed by atoms with Gasteiger partial charge in [0.2, 0.25) is 0 Å². The summed E-state index contributed by atoms with van der Waals surface area (Å²) in [4.78, 5) is 0. The van der Waals surface area contributed by atoms with Crippen molar-refractivity contribution >= 4 is 11.6 Å². The molecule has 0 aromatic carbocycles. The van der Waals surface area contributed by atoms with Gasteiger partial charge in [-0.25, -0.2) is 0 Å². The Morgan fingerprint density at radius 2 is 1.25 bits per heavy atom. The van der Waals surface area contributed by atoms with E-state index in [0.29, 0.717) is 5.41 Å². The van der Waals surface area contributed by atoms with E-state index in [1.165, 1.54) is 12.8 Å². The molecule has 0 N–H and O–H groups in total. The number of hydrogen-bond donors (Lipinski definition) is 0. The maximum atomic E-state index is 4.64. The lowest BCUT2D eigenvalue weighted by Gasteiger charge is -2.12. The highest BCUT2D eigenvalue weighted by Gasteiger charge is 2.03. The van der Waals surface area contributed by atoms with Crippen LogP contribution in [0.25, 0.3) is 0 Å². The lowest BCUT2D eigenvalue weighted by molar-refractivity contribution is 0.398. The molecule has 0 aliphatic carbocycles. The highest BCUT2D eigenvalue weighted by Crippen LogP contribution is 2.16. The summed E-state index contributed by atoms with van der Waals surface area (Å²) in [5.41, 5.74) is 0.542. The molecule has 0 radical (unpaired) electrons. The van der Waals surface area contributed by atoms with Crippen LogP contribution in [0.5, 0.6) is 0 Å². The minimum absolute atomic E-state index is 0.542. The van der Waals surface area contributed by atoms with Gasteiger partial charge in [0.05, 0.1) is 0 Å². The van der Waals surface area contributed by atoms with Crippen LogP contribution in [0.2, 0.25) is 0 Å². The molecule has 0 unspecified atom stereocenters. The second-order valence-electron chi connectivity index (χ2n) is 2.91. The van der Waals surface area contributed by atoms with Crippen molar-refractivity contribution in [1.82, 2.24) is 0 Å². The summed E-state index contributed by atoms with van der Waals surface area (Å²) in [5, 5.41) is 0. The van der Waals surface area contributed by atoms with Crippen molar-refractivity contribution < 1.29 is 0 Å². The zero-order valence-corrected chi connectivity index (χ0v) is 7.34. The predicted molar refractivity (Wildman–Crippen MR) is 41.5 cm³/mol. The first-order chi connectivity index (χ1) is 3.56. The van der Waals surface area contributed by atoms with Crippen molar-refractivity contribution in [1.29, 1.82) is 0 Å². The molecule has 0 aliphatic heterocycles. The van der Waals surface area contributed by atoms with Gasteiger partial charge in [-0.05, 0) is 5.41 Å². The highest BCUT2D eigenvalue weighted by molar-refractivity contribution is 6.15. The van der Waals surface area contributed by atoms with E-state index in [1.54, 1.807) is 0 Å². The molecule has 8 heavy (non-hydrogen) atoms. The van der Waals surface area contributed by atoms with Crippen LogP contribution < -0.4 is 0 Å². The molecule has 0 spiro atoms. The fourth-order valence-corrected chi connectivity index (χ4v) is 0. The van der Waals surface area contributed by atoms with E-state index in [4.69, 9.17) is 0 Å². The first-order valence-corrected chi connectivity index (χ1v) is 3.69. The molecule has 0 aromatic heterocycles. The van der Waals surface area contributed by atoms with E-state index < -0.39 is 0 Å². The molecule has 0 rings (SSSR count). The normalized spacial score (nSPS) is 9.75. The molecule has 0 aromatic rings. The van der Waals surface area contributed by atoms with Gasteiger partial charge in [-0.2, -0.15) is 0 Å². The Balaban J connectivity index is 0. The Morgan fingerprint density at radius 1 is 1.12 bits per heavy atom. The second-order valence-corrected chi connectivity index (χ2v) is 2.91. The first kappa shape index (κ1) is 11.1. The third kappa shape index (κ3) is 16.3. The van der Waals surface area contributed by atoms with Gasteiger partial charge >= 0.3 is 0 Å². The van der Waals surface area contributed by atoms with Crippen molar-refractivity contribution in [2.75, 3.05) is 6.38 Å². The predicted octanol–water partition coefficient (Wildman–Crippen LogP) is 3.30. The van der Waals surface area contributed by atoms with Gasteiger partial charge < -0.3 is 0 Å². The topological polar surface area (TPSA) is 0 Å². The van der Waals surface area contributed by atoms with E-state index in [2.05, 4.69) is 39.3 Å². The summed E-state index contributed by atoms with van der Waals surface area (Å²) in [6, 6.07) is 0. The zero-order chi connectivity index (χ0) is 7.21. The first-order valence-electron chi connectivity index (χ1n) is 2.94. The van der Waals surface area contributed by atoms with Crippen LogP contribution in [0.1, 0.15) is 34.1 Å². The number of alkyl halides is 1. The second kappa shape index (κ2) is 5.43. The van der Waals surface area contributed by atoms with Crippen LogP contribution in [-0.4, -0.2) is 6.38 Å². The molecule has 0 bridgehead atoms. The Kier molecular flexibility index (Phi) is 7.55. The van der Waals surface area contributed by atoms with E-state index in [0.717, 1.165) is 0 Å². The quantitative estimate of drug-likeness (QED) is 0.449. The Hall–Kier alpha value is 0.290. The largest absolute Gasteiger partial charge is 0.130 e. The van der Waals surface area contributed by atoms with Crippen molar-refractivity contribution in [3.05, 3.63) is 0 Å². The number of halogens is 1. The fourth-order valence-electron chi connectivity index (χ4n) is 0. The summed E-state index contributed by atoms with van der Waals surface area (Å²) in [7, 11) is 0. The minimum atomic E-state index is 0.542. The SMILES string of the molecule is CCC(C)(C)C.CCl. The summed E-state index contributed by atoms with van der Waals surface area (Å²) >= 11 is 4.64. The summed E-state index contributed by atoms with van der Waals surface area (Å²) in [6.07, 6.45) is 2.74. The van der Waals surface area contributed by atoms with Crippen molar-refractivity contribution in [3.63, 3.8) is 0 Å². The molecular formula is C7H17Cl. The lowest BCUT2D eigenvalue weighted by atomic mass is 9.94. The van der Waals surface area contributed by atoms with E-state index in [-0.39, 0.29) is 0 Å². The molecule has 1 heteroatoms. The van der Waals surface area contributed by atoms with Crippen molar-refractivity contribution in [2.24, 2.45) is 5.41 Å². The third-order valence-electron chi connectivity index (χ3n) is 1.06. The van der Waals surface area contributed by atoms with Crippen LogP contribution in [0, 0.1) is 5.41 Å². The van der Waals surface area contributed by atoms with Gasteiger partial charge in [-0.3, -0.25) is 0 Å². The molecule has 0 heterocycles. The summed E-state index contributed by atoms with van der Waals surface area (Å²) in [5.74, 6) is 0. The standard InChI is InChI=1S/C6H14.CH3Cl/c1-5-6(2,3)4;1-2/h5H2,1-4H3;1H3. The zero-order valence-electron chi connectivity index (χ0n) is 6.59. The molecule has 0 nitrogen and oxygen atoms in total.